The Bertz CT molecular complexity index is 1130. The lowest BCUT2D eigenvalue weighted by atomic mass is 10.2. The minimum atomic E-state index is -0.676. The number of halogens is 1. The molecule has 0 fully saturated rings. The zero-order chi connectivity index (χ0) is 19.2. The van der Waals surface area contributed by atoms with Gasteiger partial charge in [0.05, 0.1) is 17.0 Å². The van der Waals surface area contributed by atoms with Gasteiger partial charge in [-0.1, -0.05) is 24.3 Å². The Hall–Kier alpha value is -3.79. The summed E-state index contributed by atoms with van der Waals surface area (Å²) in [6.07, 6.45) is 2.57. The molecular formula is C20H14FN3O3. The van der Waals surface area contributed by atoms with Crippen molar-refractivity contribution in [1.82, 2.24) is 9.55 Å². The van der Waals surface area contributed by atoms with E-state index in [2.05, 4.69) is 4.98 Å². The van der Waals surface area contributed by atoms with Gasteiger partial charge in [-0.25, -0.2) is 14.2 Å². The van der Waals surface area contributed by atoms with Crippen LogP contribution in [0.3, 0.4) is 0 Å². The van der Waals surface area contributed by atoms with Gasteiger partial charge < -0.3 is 4.74 Å². The van der Waals surface area contributed by atoms with Gasteiger partial charge in [-0.2, -0.15) is 5.26 Å². The largest absolute Gasteiger partial charge is 0.454 e. The van der Waals surface area contributed by atoms with Crippen LogP contribution < -0.4 is 5.56 Å². The lowest BCUT2D eigenvalue weighted by Crippen LogP contribution is -2.26. The molecule has 0 saturated carbocycles. The Morgan fingerprint density at radius 1 is 1.26 bits per heavy atom. The first-order chi connectivity index (χ1) is 13.1. The lowest BCUT2D eigenvalue weighted by Gasteiger charge is -2.10. The molecule has 27 heavy (non-hydrogen) atoms. The molecule has 1 heterocycles. The van der Waals surface area contributed by atoms with Crippen molar-refractivity contribution in [2.75, 3.05) is 0 Å². The van der Waals surface area contributed by atoms with E-state index in [1.54, 1.807) is 30.3 Å². The molecule has 2 aromatic carbocycles. The molecule has 0 amide bonds. The fourth-order valence-electron chi connectivity index (χ4n) is 2.52. The van der Waals surface area contributed by atoms with Crippen LogP contribution in [-0.2, 0) is 22.7 Å². The Morgan fingerprint density at radius 2 is 2.07 bits per heavy atom. The van der Waals surface area contributed by atoms with Crippen molar-refractivity contribution in [2.45, 2.75) is 13.2 Å². The standard InChI is InChI=1S/C20H14FN3O3/c21-15-5-3-4-14(12-15)8-9-19(25)27-13-18-23-17-7-2-1-6-16(17)20(26)24(18)11-10-22/h1-9,12H,11,13H2/b9-8+. The molecule has 134 valence electrons. The predicted octanol–water partition coefficient (Wildman–Crippen LogP) is 2.82. The molecule has 6 nitrogen and oxygen atoms in total. The zero-order valence-corrected chi connectivity index (χ0v) is 14.1. The summed E-state index contributed by atoms with van der Waals surface area (Å²) in [5.41, 5.74) is 0.596. The number of fused-ring (bicyclic) bond motifs is 1. The van der Waals surface area contributed by atoms with E-state index in [9.17, 15) is 14.0 Å². The van der Waals surface area contributed by atoms with Gasteiger partial charge in [0.1, 0.15) is 19.0 Å². The van der Waals surface area contributed by atoms with Gasteiger partial charge in [-0.15, -0.1) is 0 Å². The van der Waals surface area contributed by atoms with Crippen LogP contribution in [0.4, 0.5) is 4.39 Å². The van der Waals surface area contributed by atoms with Crippen molar-refractivity contribution < 1.29 is 13.9 Å². The first-order valence-corrected chi connectivity index (χ1v) is 8.04. The van der Waals surface area contributed by atoms with E-state index >= 15 is 0 Å². The number of nitrogens with zero attached hydrogens (tertiary/aromatic N) is 3. The number of carbonyl (C=O) groups is 1. The van der Waals surface area contributed by atoms with Gasteiger partial charge in [-0.3, -0.25) is 9.36 Å². The average molecular weight is 363 g/mol. The zero-order valence-electron chi connectivity index (χ0n) is 14.1. The summed E-state index contributed by atoms with van der Waals surface area (Å²) in [5.74, 6) is -0.913. The molecule has 0 aliphatic rings. The van der Waals surface area contributed by atoms with E-state index in [4.69, 9.17) is 10.00 Å². The Balaban J connectivity index is 1.80. The van der Waals surface area contributed by atoms with Crippen molar-refractivity contribution in [3.8, 4) is 6.07 Å². The average Bonchev–Trinajstić information content (AvgIpc) is 2.67. The SMILES string of the molecule is N#CCn1c(COC(=O)/C=C/c2cccc(F)c2)nc2ccccc2c1=O. The number of hydrogen-bond acceptors (Lipinski definition) is 5. The smallest absolute Gasteiger partial charge is 0.331 e. The second kappa shape index (κ2) is 8.06. The molecule has 0 radical (unpaired) electrons. The maximum absolute atomic E-state index is 13.1. The molecule has 3 aromatic rings. The van der Waals surface area contributed by atoms with Gasteiger partial charge in [0.15, 0.2) is 5.82 Å². The number of nitriles is 1. The number of benzene rings is 2. The highest BCUT2D eigenvalue weighted by molar-refractivity contribution is 5.87. The second-order valence-corrected chi connectivity index (χ2v) is 5.59. The summed E-state index contributed by atoms with van der Waals surface area (Å²) in [6, 6.07) is 14.4. The molecule has 1 aromatic heterocycles. The van der Waals surface area contributed by atoms with Crippen molar-refractivity contribution in [3.63, 3.8) is 0 Å². The third kappa shape index (κ3) is 4.25. The molecule has 0 spiro atoms. The summed E-state index contributed by atoms with van der Waals surface area (Å²) in [5, 5.41) is 9.35. The summed E-state index contributed by atoms with van der Waals surface area (Å²) in [7, 11) is 0. The molecule has 0 aliphatic heterocycles. The Morgan fingerprint density at radius 3 is 2.85 bits per heavy atom. The number of rotatable bonds is 5. The fraction of sp³-hybridized carbons (Fsp3) is 0.100. The van der Waals surface area contributed by atoms with E-state index in [-0.39, 0.29) is 24.5 Å². The van der Waals surface area contributed by atoms with E-state index in [0.717, 1.165) is 6.08 Å². The third-order valence-electron chi connectivity index (χ3n) is 3.77. The van der Waals surface area contributed by atoms with Gasteiger partial charge >= 0.3 is 5.97 Å². The highest BCUT2D eigenvalue weighted by Gasteiger charge is 2.12. The molecule has 0 atom stereocenters. The first kappa shape index (κ1) is 18.0. The van der Waals surface area contributed by atoms with Crippen molar-refractivity contribution in [1.29, 1.82) is 5.26 Å². The van der Waals surface area contributed by atoms with Crippen LogP contribution in [0.25, 0.3) is 17.0 Å². The van der Waals surface area contributed by atoms with Crippen molar-refractivity contribution >= 4 is 22.9 Å². The van der Waals surface area contributed by atoms with Crippen LogP contribution in [0.5, 0.6) is 0 Å². The summed E-state index contributed by atoms with van der Waals surface area (Å²) < 4.78 is 19.4. The van der Waals surface area contributed by atoms with E-state index in [1.165, 1.54) is 28.8 Å². The fourth-order valence-corrected chi connectivity index (χ4v) is 2.52. The first-order valence-electron chi connectivity index (χ1n) is 8.04. The maximum Gasteiger partial charge on any atom is 0.331 e. The van der Waals surface area contributed by atoms with Crippen LogP contribution in [0, 0.1) is 17.1 Å². The number of ether oxygens (including phenoxy) is 1. The Labute approximate surface area is 153 Å². The molecule has 0 unspecified atom stereocenters. The van der Waals surface area contributed by atoms with Gasteiger partial charge in [0.25, 0.3) is 5.56 Å². The van der Waals surface area contributed by atoms with Crippen molar-refractivity contribution in [2.24, 2.45) is 0 Å². The van der Waals surface area contributed by atoms with Crippen LogP contribution >= 0.6 is 0 Å². The number of aromatic nitrogens is 2. The van der Waals surface area contributed by atoms with Crippen LogP contribution in [0.2, 0.25) is 0 Å². The normalized spacial score (nSPS) is 10.8. The Kier molecular flexibility index (Phi) is 5.38. The van der Waals surface area contributed by atoms with E-state index in [0.29, 0.717) is 16.5 Å². The highest BCUT2D eigenvalue weighted by atomic mass is 19.1. The molecule has 3 rings (SSSR count). The molecular weight excluding hydrogens is 349 g/mol. The number of carbonyl (C=O) groups excluding carboxylic acids is 1. The molecule has 7 heteroatoms. The lowest BCUT2D eigenvalue weighted by molar-refractivity contribution is -0.139. The van der Waals surface area contributed by atoms with Crippen LogP contribution in [-0.4, -0.2) is 15.5 Å². The number of esters is 1. The summed E-state index contributed by atoms with van der Waals surface area (Å²) >= 11 is 0. The van der Waals surface area contributed by atoms with Gasteiger partial charge in [0.2, 0.25) is 0 Å². The van der Waals surface area contributed by atoms with Gasteiger partial charge in [0, 0.05) is 6.08 Å². The van der Waals surface area contributed by atoms with Crippen LogP contribution in [0.15, 0.2) is 59.4 Å². The highest BCUT2D eigenvalue weighted by Crippen LogP contribution is 2.09. The minimum absolute atomic E-state index is 0.174. The topological polar surface area (TPSA) is 85.0 Å². The second-order valence-electron chi connectivity index (χ2n) is 5.59. The molecule has 0 saturated heterocycles. The summed E-state index contributed by atoms with van der Waals surface area (Å²) in [4.78, 5) is 28.7. The van der Waals surface area contributed by atoms with Crippen molar-refractivity contribution in [3.05, 3.63) is 82.2 Å². The van der Waals surface area contributed by atoms with Gasteiger partial charge in [-0.05, 0) is 35.9 Å². The van der Waals surface area contributed by atoms with E-state index in [1.807, 2.05) is 6.07 Å². The molecule has 0 N–H and O–H groups in total. The van der Waals surface area contributed by atoms with E-state index < -0.39 is 11.8 Å². The molecule has 0 aliphatic carbocycles. The number of hydrogen-bond donors (Lipinski definition) is 0. The minimum Gasteiger partial charge on any atom is -0.454 e. The van der Waals surface area contributed by atoms with Crippen LogP contribution in [0.1, 0.15) is 11.4 Å². The molecule has 0 bridgehead atoms. The predicted molar refractivity (Wildman–Crippen MR) is 96.8 cm³/mol. The number of para-hydroxylation sites is 1. The third-order valence-corrected chi connectivity index (χ3v) is 3.77. The monoisotopic (exact) mass is 363 g/mol. The maximum atomic E-state index is 13.1. The quantitative estimate of drug-likeness (QED) is 0.514. The summed E-state index contributed by atoms with van der Waals surface area (Å²) in [6.45, 7) is -0.475.